The molecule has 144 valence electrons. The lowest BCUT2D eigenvalue weighted by molar-refractivity contribution is -0.119. The molecule has 2 aromatic rings. The Kier molecular flexibility index (Phi) is 4.92. The van der Waals surface area contributed by atoms with Crippen LogP contribution in [0, 0.1) is 17.2 Å². The van der Waals surface area contributed by atoms with Gasteiger partial charge in [0.25, 0.3) is 5.91 Å². The van der Waals surface area contributed by atoms with Crippen LogP contribution in [0.15, 0.2) is 18.2 Å². The predicted molar refractivity (Wildman–Crippen MR) is 102 cm³/mol. The van der Waals surface area contributed by atoms with Gasteiger partial charge in [0.2, 0.25) is 6.79 Å². The monoisotopic (exact) mass is 398 g/mol. The van der Waals surface area contributed by atoms with E-state index in [0.717, 1.165) is 29.7 Å². The van der Waals surface area contributed by atoms with Gasteiger partial charge in [-0.1, -0.05) is 6.92 Å². The van der Waals surface area contributed by atoms with Crippen molar-refractivity contribution in [2.24, 2.45) is 5.92 Å². The van der Waals surface area contributed by atoms with Gasteiger partial charge < -0.3 is 19.5 Å². The first kappa shape index (κ1) is 18.3. The molecule has 1 aliphatic carbocycles. The predicted octanol–water partition coefficient (Wildman–Crippen LogP) is 3.27. The normalized spacial score (nSPS) is 16.8. The van der Waals surface area contributed by atoms with E-state index in [2.05, 4.69) is 18.3 Å². The van der Waals surface area contributed by atoms with Crippen molar-refractivity contribution in [3.63, 3.8) is 0 Å². The summed E-state index contributed by atoms with van der Waals surface area (Å²) in [4.78, 5) is 25.6. The third-order valence-electron chi connectivity index (χ3n) is 4.82. The average Bonchev–Trinajstić information content (AvgIpc) is 3.28. The minimum absolute atomic E-state index is 0.112. The molecule has 1 unspecified atom stereocenters. The van der Waals surface area contributed by atoms with Crippen molar-refractivity contribution < 1.29 is 23.8 Å². The van der Waals surface area contributed by atoms with E-state index in [-0.39, 0.29) is 12.4 Å². The van der Waals surface area contributed by atoms with Crippen LogP contribution in [-0.2, 0) is 22.4 Å². The maximum atomic E-state index is 12.2. The van der Waals surface area contributed by atoms with Crippen LogP contribution in [-0.4, -0.2) is 25.3 Å². The second-order valence-corrected chi connectivity index (χ2v) is 7.97. The number of rotatable bonds is 4. The van der Waals surface area contributed by atoms with Crippen molar-refractivity contribution in [1.29, 1.82) is 5.26 Å². The van der Waals surface area contributed by atoms with Crippen molar-refractivity contribution in [2.45, 2.75) is 26.2 Å². The van der Waals surface area contributed by atoms with Crippen molar-refractivity contribution in [3.05, 3.63) is 39.8 Å². The molecule has 1 atom stereocenters. The fourth-order valence-corrected chi connectivity index (χ4v) is 4.74. The Balaban J connectivity index is 1.39. The first-order valence-electron chi connectivity index (χ1n) is 8.96. The lowest BCUT2D eigenvalue weighted by atomic mass is 9.89. The topological polar surface area (TPSA) is 97.7 Å². The first-order valence-corrected chi connectivity index (χ1v) is 9.78. The van der Waals surface area contributed by atoms with E-state index in [0.29, 0.717) is 28.0 Å². The summed E-state index contributed by atoms with van der Waals surface area (Å²) in [6.07, 6.45) is 2.81. The number of carbonyl (C=O) groups is 2. The molecule has 2 aliphatic rings. The summed E-state index contributed by atoms with van der Waals surface area (Å²) in [6.45, 7) is 1.86. The molecule has 4 rings (SSSR count). The van der Waals surface area contributed by atoms with Gasteiger partial charge in [-0.2, -0.15) is 5.26 Å². The second-order valence-electron chi connectivity index (χ2n) is 6.86. The van der Waals surface area contributed by atoms with Crippen LogP contribution < -0.4 is 14.8 Å². The average molecular weight is 398 g/mol. The van der Waals surface area contributed by atoms with Crippen molar-refractivity contribution in [2.75, 3.05) is 18.7 Å². The molecule has 7 nitrogen and oxygen atoms in total. The molecule has 28 heavy (non-hydrogen) atoms. The Morgan fingerprint density at radius 1 is 1.36 bits per heavy atom. The second kappa shape index (κ2) is 7.52. The highest BCUT2D eigenvalue weighted by Crippen LogP contribution is 2.39. The molecular formula is C20H18N2O5S. The molecule has 1 aliphatic heterocycles. The van der Waals surface area contributed by atoms with E-state index < -0.39 is 18.5 Å². The zero-order chi connectivity index (χ0) is 19.7. The highest BCUT2D eigenvalue weighted by Gasteiger charge is 2.25. The van der Waals surface area contributed by atoms with Crippen LogP contribution in [0.5, 0.6) is 11.5 Å². The van der Waals surface area contributed by atoms with Crippen molar-refractivity contribution in [1.82, 2.24) is 0 Å². The van der Waals surface area contributed by atoms with Gasteiger partial charge >= 0.3 is 5.97 Å². The smallest absolute Gasteiger partial charge is 0.338 e. The van der Waals surface area contributed by atoms with Gasteiger partial charge in [0.05, 0.1) is 11.1 Å². The summed E-state index contributed by atoms with van der Waals surface area (Å²) in [7, 11) is 0. The molecular weight excluding hydrogens is 380 g/mol. The van der Waals surface area contributed by atoms with Crippen LogP contribution in [0.25, 0.3) is 0 Å². The fourth-order valence-electron chi connectivity index (χ4n) is 3.36. The Labute approximate surface area is 165 Å². The molecule has 1 N–H and O–H groups in total. The van der Waals surface area contributed by atoms with Crippen molar-refractivity contribution in [3.8, 4) is 17.6 Å². The van der Waals surface area contributed by atoms with E-state index in [4.69, 9.17) is 14.2 Å². The van der Waals surface area contributed by atoms with Gasteiger partial charge in [0.1, 0.15) is 11.1 Å². The molecule has 0 saturated heterocycles. The van der Waals surface area contributed by atoms with Gasteiger partial charge in [0, 0.05) is 4.88 Å². The number of nitriles is 1. The highest BCUT2D eigenvalue weighted by molar-refractivity contribution is 7.16. The quantitative estimate of drug-likeness (QED) is 0.794. The summed E-state index contributed by atoms with van der Waals surface area (Å²) in [5.74, 6) is 0.500. The van der Waals surface area contributed by atoms with E-state index in [1.807, 2.05) is 0 Å². The van der Waals surface area contributed by atoms with E-state index >= 15 is 0 Å². The lowest BCUT2D eigenvalue weighted by Gasteiger charge is -2.17. The number of amides is 1. The zero-order valence-electron chi connectivity index (χ0n) is 15.2. The number of ether oxygens (including phenoxy) is 3. The van der Waals surface area contributed by atoms with E-state index in [1.165, 1.54) is 17.4 Å². The van der Waals surface area contributed by atoms with E-state index in [1.54, 1.807) is 12.1 Å². The van der Waals surface area contributed by atoms with E-state index in [9.17, 15) is 14.9 Å². The number of anilines is 1. The number of fused-ring (bicyclic) bond motifs is 2. The molecule has 0 fully saturated rings. The number of carbonyl (C=O) groups excluding carboxylic acids is 2. The molecule has 0 spiro atoms. The summed E-state index contributed by atoms with van der Waals surface area (Å²) in [5.41, 5.74) is 1.84. The standard InChI is InChI=1S/C20H18N2O5S/c1-11-2-4-13-14(8-21)19(28-17(13)6-11)22-18(23)9-25-20(24)12-3-5-15-16(7-12)27-10-26-15/h3,5,7,11H,2,4,6,9-10H2,1H3,(H,22,23). The summed E-state index contributed by atoms with van der Waals surface area (Å²) in [5, 5.41) is 12.7. The van der Waals surface area contributed by atoms with Crippen LogP contribution in [0.2, 0.25) is 0 Å². The zero-order valence-corrected chi connectivity index (χ0v) is 16.1. The highest BCUT2D eigenvalue weighted by atomic mass is 32.1. The van der Waals surface area contributed by atoms with Gasteiger partial charge in [-0.15, -0.1) is 11.3 Å². The van der Waals surface area contributed by atoms with Crippen LogP contribution in [0.3, 0.4) is 0 Å². The summed E-state index contributed by atoms with van der Waals surface area (Å²) < 4.78 is 15.5. The molecule has 8 heteroatoms. The van der Waals surface area contributed by atoms with Crippen LogP contribution >= 0.6 is 11.3 Å². The fraction of sp³-hybridized carbons (Fsp3) is 0.350. The van der Waals surface area contributed by atoms with Crippen LogP contribution in [0.4, 0.5) is 5.00 Å². The molecule has 2 heterocycles. The van der Waals surface area contributed by atoms with Gasteiger partial charge in [-0.3, -0.25) is 4.79 Å². The van der Waals surface area contributed by atoms with Gasteiger partial charge in [0.15, 0.2) is 18.1 Å². The Morgan fingerprint density at radius 2 is 2.18 bits per heavy atom. The lowest BCUT2D eigenvalue weighted by Crippen LogP contribution is -2.20. The number of hydrogen-bond donors (Lipinski definition) is 1. The summed E-state index contributed by atoms with van der Waals surface area (Å²) in [6, 6.07) is 6.89. The van der Waals surface area contributed by atoms with Gasteiger partial charge in [-0.05, 0) is 48.9 Å². The number of thiophene rings is 1. The number of benzene rings is 1. The molecule has 0 radical (unpaired) electrons. The van der Waals surface area contributed by atoms with Gasteiger partial charge in [-0.25, -0.2) is 4.79 Å². The van der Waals surface area contributed by atoms with Crippen LogP contribution in [0.1, 0.15) is 39.7 Å². The third-order valence-corrected chi connectivity index (χ3v) is 5.99. The summed E-state index contributed by atoms with van der Waals surface area (Å²) >= 11 is 1.44. The number of hydrogen-bond acceptors (Lipinski definition) is 7. The minimum Gasteiger partial charge on any atom is -0.454 e. The van der Waals surface area contributed by atoms with Crippen molar-refractivity contribution >= 4 is 28.2 Å². The SMILES string of the molecule is CC1CCc2c(sc(NC(=O)COC(=O)c3ccc4c(c3)OCO4)c2C#N)C1. The largest absolute Gasteiger partial charge is 0.454 e. The Hall–Kier alpha value is -3.05. The molecule has 1 aromatic heterocycles. The third kappa shape index (κ3) is 3.53. The molecule has 0 saturated carbocycles. The minimum atomic E-state index is -0.631. The number of nitrogens with one attached hydrogen (secondary N) is 1. The number of esters is 1. The first-order chi connectivity index (χ1) is 13.5. The molecule has 0 bridgehead atoms. The molecule has 1 aromatic carbocycles. The maximum absolute atomic E-state index is 12.2. The Morgan fingerprint density at radius 3 is 3.00 bits per heavy atom. The Bertz CT molecular complexity index is 991. The number of nitrogens with zero attached hydrogens (tertiary/aromatic N) is 1. The molecule has 1 amide bonds. The maximum Gasteiger partial charge on any atom is 0.338 e.